The van der Waals surface area contributed by atoms with Gasteiger partial charge in [0.25, 0.3) is 0 Å². The van der Waals surface area contributed by atoms with Crippen molar-refractivity contribution in [1.29, 1.82) is 0 Å². The molecule has 2 fully saturated rings. The molecule has 4 unspecified atom stereocenters. The standard InChI is InChI=1S/C13H22N2O5/c1-19-10-4-2-3-9(10)15-13(18)14-7-8-5-6-11(20-8)12(16)17/h8-11H,2-7H2,1H3,(H,16,17)(H2,14,15,18). The topological polar surface area (TPSA) is 96.9 Å². The van der Waals surface area contributed by atoms with Gasteiger partial charge in [0.1, 0.15) is 0 Å². The third-order valence-corrected chi connectivity index (χ3v) is 3.95. The van der Waals surface area contributed by atoms with Gasteiger partial charge in [-0.25, -0.2) is 9.59 Å². The van der Waals surface area contributed by atoms with E-state index >= 15 is 0 Å². The molecule has 0 aromatic carbocycles. The van der Waals surface area contributed by atoms with E-state index in [2.05, 4.69) is 10.6 Å². The maximum Gasteiger partial charge on any atom is 0.332 e. The molecule has 7 heteroatoms. The highest BCUT2D eigenvalue weighted by Crippen LogP contribution is 2.21. The lowest BCUT2D eigenvalue weighted by atomic mass is 10.2. The first-order valence-electron chi connectivity index (χ1n) is 7.05. The lowest BCUT2D eigenvalue weighted by Crippen LogP contribution is -2.47. The molecule has 0 aromatic heterocycles. The largest absolute Gasteiger partial charge is 0.479 e. The Bertz CT molecular complexity index is 363. The number of aliphatic carboxylic acids is 1. The molecule has 0 aromatic rings. The predicted octanol–water partition coefficient (Wildman–Crippen LogP) is 0.485. The van der Waals surface area contributed by atoms with Crippen LogP contribution in [-0.2, 0) is 14.3 Å². The zero-order valence-corrected chi connectivity index (χ0v) is 11.6. The molecular formula is C13H22N2O5. The van der Waals surface area contributed by atoms with Gasteiger partial charge in [-0.15, -0.1) is 0 Å². The van der Waals surface area contributed by atoms with Gasteiger partial charge in [-0.2, -0.15) is 0 Å². The number of carbonyl (C=O) groups is 2. The summed E-state index contributed by atoms with van der Waals surface area (Å²) in [6.07, 6.45) is 3.22. The van der Waals surface area contributed by atoms with Gasteiger partial charge in [0.05, 0.1) is 18.2 Å². The van der Waals surface area contributed by atoms with Crippen molar-refractivity contribution < 1.29 is 24.2 Å². The van der Waals surface area contributed by atoms with E-state index in [1.54, 1.807) is 7.11 Å². The highest BCUT2D eigenvalue weighted by atomic mass is 16.5. The van der Waals surface area contributed by atoms with Gasteiger partial charge in [0, 0.05) is 13.7 Å². The third kappa shape index (κ3) is 3.83. The van der Waals surface area contributed by atoms with Gasteiger partial charge < -0.3 is 25.2 Å². The monoisotopic (exact) mass is 286 g/mol. The number of rotatable bonds is 5. The summed E-state index contributed by atoms with van der Waals surface area (Å²) < 4.78 is 10.6. The van der Waals surface area contributed by atoms with Gasteiger partial charge in [-0.3, -0.25) is 0 Å². The SMILES string of the molecule is COC1CCCC1NC(=O)NCC1CCC(C(=O)O)O1. The minimum absolute atomic E-state index is 0.0521. The lowest BCUT2D eigenvalue weighted by Gasteiger charge is -2.20. The van der Waals surface area contributed by atoms with Crippen molar-refractivity contribution >= 4 is 12.0 Å². The second-order valence-corrected chi connectivity index (χ2v) is 5.33. The van der Waals surface area contributed by atoms with Crippen LogP contribution in [0.1, 0.15) is 32.1 Å². The molecule has 1 heterocycles. The van der Waals surface area contributed by atoms with Crippen molar-refractivity contribution in [2.45, 2.75) is 56.5 Å². The summed E-state index contributed by atoms with van der Waals surface area (Å²) in [4.78, 5) is 22.5. The first kappa shape index (κ1) is 15.1. The highest BCUT2D eigenvalue weighted by Gasteiger charge is 2.31. The lowest BCUT2D eigenvalue weighted by molar-refractivity contribution is -0.149. The fourth-order valence-corrected chi connectivity index (χ4v) is 2.84. The zero-order valence-electron chi connectivity index (χ0n) is 11.6. The van der Waals surface area contributed by atoms with Crippen molar-refractivity contribution in [1.82, 2.24) is 10.6 Å². The van der Waals surface area contributed by atoms with Crippen LogP contribution in [0.5, 0.6) is 0 Å². The molecule has 7 nitrogen and oxygen atoms in total. The second-order valence-electron chi connectivity index (χ2n) is 5.33. The molecule has 1 saturated carbocycles. The molecule has 114 valence electrons. The molecule has 1 aliphatic heterocycles. The number of ether oxygens (including phenoxy) is 2. The van der Waals surface area contributed by atoms with E-state index in [0.29, 0.717) is 19.4 Å². The number of carboxylic acid groups (broad SMARTS) is 1. The van der Waals surface area contributed by atoms with Crippen molar-refractivity contribution in [3.8, 4) is 0 Å². The van der Waals surface area contributed by atoms with Crippen molar-refractivity contribution in [2.75, 3.05) is 13.7 Å². The Balaban J connectivity index is 1.67. The van der Waals surface area contributed by atoms with E-state index in [-0.39, 0.29) is 24.3 Å². The van der Waals surface area contributed by atoms with Crippen LogP contribution in [0, 0.1) is 0 Å². The van der Waals surface area contributed by atoms with Crippen LogP contribution < -0.4 is 10.6 Å². The van der Waals surface area contributed by atoms with Gasteiger partial charge in [0.2, 0.25) is 0 Å². The molecule has 2 amide bonds. The van der Waals surface area contributed by atoms with Crippen LogP contribution in [0.15, 0.2) is 0 Å². The summed E-state index contributed by atoms with van der Waals surface area (Å²) in [7, 11) is 1.65. The van der Waals surface area contributed by atoms with E-state index in [4.69, 9.17) is 14.6 Å². The summed E-state index contributed by atoms with van der Waals surface area (Å²) >= 11 is 0. The molecular weight excluding hydrogens is 264 g/mol. The molecule has 20 heavy (non-hydrogen) atoms. The average molecular weight is 286 g/mol. The molecule has 1 aliphatic carbocycles. The summed E-state index contributed by atoms with van der Waals surface area (Å²) in [6, 6.07) is -0.197. The van der Waals surface area contributed by atoms with E-state index in [9.17, 15) is 9.59 Å². The summed E-state index contributed by atoms with van der Waals surface area (Å²) in [6.45, 7) is 0.333. The quantitative estimate of drug-likeness (QED) is 0.683. The number of hydrogen-bond acceptors (Lipinski definition) is 4. The Morgan fingerprint density at radius 1 is 1.30 bits per heavy atom. The van der Waals surface area contributed by atoms with E-state index in [1.165, 1.54) is 0 Å². The molecule has 2 aliphatic rings. The number of carbonyl (C=O) groups excluding carboxylic acids is 1. The molecule has 2 rings (SSSR count). The van der Waals surface area contributed by atoms with Gasteiger partial charge >= 0.3 is 12.0 Å². The highest BCUT2D eigenvalue weighted by molar-refractivity contribution is 5.74. The zero-order chi connectivity index (χ0) is 14.5. The van der Waals surface area contributed by atoms with Gasteiger partial charge in [-0.05, 0) is 32.1 Å². The molecule has 1 saturated heterocycles. The van der Waals surface area contributed by atoms with Crippen LogP contribution >= 0.6 is 0 Å². The van der Waals surface area contributed by atoms with Crippen LogP contribution in [0.3, 0.4) is 0 Å². The van der Waals surface area contributed by atoms with Crippen molar-refractivity contribution in [3.05, 3.63) is 0 Å². The Morgan fingerprint density at radius 3 is 2.75 bits per heavy atom. The van der Waals surface area contributed by atoms with Crippen LogP contribution in [-0.4, -0.2) is 55.1 Å². The summed E-state index contributed by atoms with van der Waals surface area (Å²) in [5.41, 5.74) is 0. The Hall–Kier alpha value is -1.34. The number of carboxylic acids is 1. The fourth-order valence-electron chi connectivity index (χ4n) is 2.84. The minimum Gasteiger partial charge on any atom is -0.479 e. The summed E-state index contributed by atoms with van der Waals surface area (Å²) in [5, 5.41) is 14.4. The fraction of sp³-hybridized carbons (Fsp3) is 0.846. The van der Waals surface area contributed by atoms with Gasteiger partial charge in [-0.1, -0.05) is 0 Å². The normalized spacial score (nSPS) is 33.0. The smallest absolute Gasteiger partial charge is 0.332 e. The van der Waals surface area contributed by atoms with Gasteiger partial charge in [0.15, 0.2) is 6.10 Å². The summed E-state index contributed by atoms with van der Waals surface area (Å²) in [5.74, 6) is -0.939. The predicted molar refractivity (Wildman–Crippen MR) is 70.5 cm³/mol. The molecule has 0 radical (unpaired) electrons. The van der Waals surface area contributed by atoms with E-state index in [0.717, 1.165) is 19.3 Å². The number of methoxy groups -OCH3 is 1. The molecule has 3 N–H and O–H groups in total. The first-order chi connectivity index (χ1) is 9.60. The number of hydrogen-bond donors (Lipinski definition) is 3. The molecule has 0 bridgehead atoms. The number of amides is 2. The van der Waals surface area contributed by atoms with E-state index < -0.39 is 12.1 Å². The Morgan fingerprint density at radius 2 is 2.10 bits per heavy atom. The van der Waals surface area contributed by atoms with Crippen LogP contribution in [0.2, 0.25) is 0 Å². The average Bonchev–Trinajstić information content (AvgIpc) is 3.04. The number of nitrogens with one attached hydrogen (secondary N) is 2. The number of urea groups is 1. The minimum atomic E-state index is -0.939. The van der Waals surface area contributed by atoms with Crippen molar-refractivity contribution in [3.63, 3.8) is 0 Å². The Labute approximate surface area is 118 Å². The Kier molecular flexibility index (Phi) is 5.19. The van der Waals surface area contributed by atoms with Crippen LogP contribution in [0.4, 0.5) is 4.79 Å². The van der Waals surface area contributed by atoms with Crippen LogP contribution in [0.25, 0.3) is 0 Å². The molecule has 0 spiro atoms. The van der Waals surface area contributed by atoms with E-state index in [1.807, 2.05) is 0 Å². The maximum absolute atomic E-state index is 11.8. The molecule has 4 atom stereocenters. The second kappa shape index (κ2) is 6.90. The first-order valence-corrected chi connectivity index (χ1v) is 7.05. The van der Waals surface area contributed by atoms with Crippen molar-refractivity contribution in [2.24, 2.45) is 0 Å². The maximum atomic E-state index is 11.8. The third-order valence-electron chi connectivity index (χ3n) is 3.95.